The summed E-state index contributed by atoms with van der Waals surface area (Å²) in [4.78, 5) is 30.1. The molecule has 0 bridgehead atoms. The number of benzene rings is 2. The fourth-order valence-corrected chi connectivity index (χ4v) is 4.45. The Balaban J connectivity index is 2.21. The Morgan fingerprint density at radius 1 is 1.06 bits per heavy atom. The Bertz CT molecular complexity index is 1110. The molecule has 35 heavy (non-hydrogen) atoms. The first-order valence-electron chi connectivity index (χ1n) is 12.3. The average Bonchev–Trinajstić information content (AvgIpc) is 3.07. The number of aliphatic hydroxyl groups excluding tert-OH is 1. The second-order valence-electron chi connectivity index (χ2n) is 10.4. The minimum Gasteiger partial charge on any atom is -0.507 e. The van der Waals surface area contributed by atoms with Crippen molar-refractivity contribution in [3.63, 3.8) is 0 Å². The summed E-state index contributed by atoms with van der Waals surface area (Å²) in [6.45, 7) is 8.79. The smallest absolute Gasteiger partial charge is 0.295 e. The summed E-state index contributed by atoms with van der Waals surface area (Å²) in [6.07, 6.45) is 2.75. The van der Waals surface area contributed by atoms with E-state index in [9.17, 15) is 14.7 Å². The molecule has 188 valence electrons. The number of nitrogens with zero attached hydrogens (tertiary/aromatic N) is 2. The van der Waals surface area contributed by atoms with Crippen molar-refractivity contribution in [3.8, 4) is 5.75 Å². The molecule has 0 saturated carbocycles. The van der Waals surface area contributed by atoms with E-state index < -0.39 is 17.7 Å². The largest absolute Gasteiger partial charge is 0.507 e. The Morgan fingerprint density at radius 2 is 1.71 bits per heavy atom. The molecule has 1 heterocycles. The van der Waals surface area contributed by atoms with Gasteiger partial charge in [-0.1, -0.05) is 58.7 Å². The lowest BCUT2D eigenvalue weighted by Gasteiger charge is -2.26. The Labute approximate surface area is 209 Å². The van der Waals surface area contributed by atoms with Crippen LogP contribution in [0.3, 0.4) is 0 Å². The van der Waals surface area contributed by atoms with Gasteiger partial charge in [0, 0.05) is 26.3 Å². The lowest BCUT2D eigenvalue weighted by atomic mass is 9.85. The summed E-state index contributed by atoms with van der Waals surface area (Å²) in [6, 6.07) is 12.7. The maximum atomic E-state index is 13.3. The van der Waals surface area contributed by atoms with Crippen LogP contribution in [0.1, 0.15) is 69.7 Å². The van der Waals surface area contributed by atoms with Gasteiger partial charge in [0.2, 0.25) is 0 Å². The first-order chi connectivity index (χ1) is 16.5. The molecule has 3 rings (SSSR count). The van der Waals surface area contributed by atoms with Gasteiger partial charge in [0.15, 0.2) is 0 Å². The van der Waals surface area contributed by atoms with E-state index in [1.54, 1.807) is 11.0 Å². The maximum Gasteiger partial charge on any atom is 0.295 e. The SMILES string of the molecule is CCCCCN1C(=O)C(=O)/C(=C(/O)c2cc(C(C)(C)C)ccc2OC)C1c1ccc(N(C)C)cc1. The highest BCUT2D eigenvalue weighted by molar-refractivity contribution is 6.46. The van der Waals surface area contributed by atoms with E-state index in [-0.39, 0.29) is 16.7 Å². The predicted molar refractivity (Wildman–Crippen MR) is 141 cm³/mol. The fourth-order valence-electron chi connectivity index (χ4n) is 4.45. The van der Waals surface area contributed by atoms with Crippen LogP contribution in [0.2, 0.25) is 0 Å². The molecule has 1 saturated heterocycles. The molecule has 1 amide bonds. The molecule has 0 spiro atoms. The van der Waals surface area contributed by atoms with Crippen molar-refractivity contribution in [3.05, 3.63) is 64.7 Å². The van der Waals surface area contributed by atoms with E-state index in [0.29, 0.717) is 17.9 Å². The van der Waals surface area contributed by atoms with Crippen molar-refractivity contribution >= 4 is 23.1 Å². The standard InChI is InChI=1S/C29H38N2O4/c1-8-9-10-17-31-25(19-11-14-21(15-12-19)30(5)6)24(27(33)28(31)34)26(32)22-18-20(29(2,3)4)13-16-23(22)35-7/h11-16,18,25,32H,8-10,17H2,1-7H3/b26-24+. The number of carbonyl (C=O) groups is 2. The quantitative estimate of drug-likeness (QED) is 0.229. The zero-order valence-corrected chi connectivity index (χ0v) is 22.0. The van der Waals surface area contributed by atoms with Crippen LogP contribution in [-0.2, 0) is 15.0 Å². The molecule has 1 aliphatic heterocycles. The molecule has 1 aliphatic rings. The third kappa shape index (κ3) is 5.37. The van der Waals surface area contributed by atoms with Crippen LogP contribution in [0.25, 0.3) is 5.76 Å². The molecule has 1 N–H and O–H groups in total. The number of aliphatic hydroxyl groups is 1. The third-order valence-corrected chi connectivity index (χ3v) is 6.59. The zero-order chi connectivity index (χ0) is 25.9. The van der Waals surface area contributed by atoms with Crippen molar-refractivity contribution < 1.29 is 19.4 Å². The van der Waals surface area contributed by atoms with E-state index in [4.69, 9.17) is 4.74 Å². The molecule has 0 radical (unpaired) electrons. The number of methoxy groups -OCH3 is 1. The van der Waals surface area contributed by atoms with Crippen LogP contribution in [0.15, 0.2) is 48.0 Å². The number of amides is 1. The van der Waals surface area contributed by atoms with Gasteiger partial charge < -0.3 is 19.6 Å². The monoisotopic (exact) mass is 478 g/mol. The van der Waals surface area contributed by atoms with E-state index >= 15 is 0 Å². The van der Waals surface area contributed by atoms with Crippen molar-refractivity contribution in [2.45, 2.75) is 58.4 Å². The number of ketones is 1. The van der Waals surface area contributed by atoms with Crippen LogP contribution < -0.4 is 9.64 Å². The minimum absolute atomic E-state index is 0.105. The number of anilines is 1. The molecule has 0 aliphatic carbocycles. The number of Topliss-reactive ketones (excluding diaryl/α,β-unsaturated/α-hetero) is 1. The molecular weight excluding hydrogens is 440 g/mol. The molecule has 1 fully saturated rings. The van der Waals surface area contributed by atoms with Crippen LogP contribution in [0.4, 0.5) is 5.69 Å². The normalized spacial score (nSPS) is 17.7. The van der Waals surface area contributed by atoms with E-state index in [1.165, 1.54) is 7.11 Å². The van der Waals surface area contributed by atoms with Crippen LogP contribution >= 0.6 is 0 Å². The first-order valence-corrected chi connectivity index (χ1v) is 12.3. The lowest BCUT2D eigenvalue weighted by molar-refractivity contribution is -0.139. The number of hydrogen-bond acceptors (Lipinski definition) is 5. The maximum absolute atomic E-state index is 13.3. The number of hydrogen-bond donors (Lipinski definition) is 1. The molecule has 1 atom stereocenters. The van der Waals surface area contributed by atoms with Crippen molar-refractivity contribution in [1.82, 2.24) is 4.90 Å². The van der Waals surface area contributed by atoms with Gasteiger partial charge in [-0.3, -0.25) is 9.59 Å². The number of unbranched alkanes of at least 4 members (excludes halogenated alkanes) is 2. The summed E-state index contributed by atoms with van der Waals surface area (Å²) in [5, 5.41) is 11.6. The summed E-state index contributed by atoms with van der Waals surface area (Å²) >= 11 is 0. The number of carbonyl (C=O) groups excluding carboxylic acids is 2. The van der Waals surface area contributed by atoms with Gasteiger partial charge in [-0.2, -0.15) is 0 Å². The highest BCUT2D eigenvalue weighted by Crippen LogP contribution is 2.42. The summed E-state index contributed by atoms with van der Waals surface area (Å²) < 4.78 is 5.54. The van der Waals surface area contributed by atoms with Gasteiger partial charge in [-0.15, -0.1) is 0 Å². The van der Waals surface area contributed by atoms with E-state index in [1.807, 2.05) is 55.4 Å². The average molecular weight is 479 g/mol. The van der Waals surface area contributed by atoms with Gasteiger partial charge in [-0.05, 0) is 47.2 Å². The Morgan fingerprint density at radius 3 is 2.26 bits per heavy atom. The van der Waals surface area contributed by atoms with Gasteiger partial charge in [0.25, 0.3) is 11.7 Å². The fraction of sp³-hybridized carbons (Fsp3) is 0.448. The molecule has 2 aromatic carbocycles. The molecular formula is C29H38N2O4. The number of likely N-dealkylation sites (tertiary alicyclic amines) is 1. The van der Waals surface area contributed by atoms with E-state index in [0.717, 1.165) is 36.1 Å². The van der Waals surface area contributed by atoms with Crippen LogP contribution in [-0.4, -0.2) is 49.4 Å². The number of ether oxygens (including phenoxy) is 1. The Hall–Kier alpha value is -3.28. The van der Waals surface area contributed by atoms with Crippen molar-refractivity contribution in [2.75, 3.05) is 32.6 Å². The topological polar surface area (TPSA) is 70.1 Å². The first kappa shape index (κ1) is 26.3. The molecule has 0 aromatic heterocycles. The summed E-state index contributed by atoms with van der Waals surface area (Å²) in [7, 11) is 5.45. The second-order valence-corrected chi connectivity index (χ2v) is 10.4. The third-order valence-electron chi connectivity index (χ3n) is 6.59. The predicted octanol–water partition coefficient (Wildman–Crippen LogP) is 5.67. The minimum atomic E-state index is -0.663. The highest BCUT2D eigenvalue weighted by atomic mass is 16.5. The second kappa shape index (κ2) is 10.5. The molecule has 2 aromatic rings. The molecule has 1 unspecified atom stereocenters. The highest BCUT2D eigenvalue weighted by Gasteiger charge is 2.46. The van der Waals surface area contributed by atoms with Gasteiger partial charge >= 0.3 is 0 Å². The zero-order valence-electron chi connectivity index (χ0n) is 22.0. The van der Waals surface area contributed by atoms with Crippen LogP contribution in [0, 0.1) is 0 Å². The summed E-state index contributed by atoms with van der Waals surface area (Å²) in [5.74, 6) is -0.987. The molecule has 6 heteroatoms. The molecule has 6 nitrogen and oxygen atoms in total. The lowest BCUT2D eigenvalue weighted by Crippen LogP contribution is -2.30. The van der Waals surface area contributed by atoms with Gasteiger partial charge in [0.1, 0.15) is 11.5 Å². The van der Waals surface area contributed by atoms with Crippen molar-refractivity contribution in [1.29, 1.82) is 0 Å². The van der Waals surface area contributed by atoms with Gasteiger partial charge in [0.05, 0.1) is 24.3 Å². The Kier molecular flexibility index (Phi) is 7.93. The van der Waals surface area contributed by atoms with Crippen molar-refractivity contribution in [2.24, 2.45) is 0 Å². The van der Waals surface area contributed by atoms with Crippen LogP contribution in [0.5, 0.6) is 5.75 Å². The van der Waals surface area contributed by atoms with Gasteiger partial charge in [-0.25, -0.2) is 0 Å². The van der Waals surface area contributed by atoms with E-state index in [2.05, 4.69) is 27.7 Å². The number of rotatable bonds is 8. The summed E-state index contributed by atoms with van der Waals surface area (Å²) in [5.41, 5.74) is 3.14.